The number of sulfonamides is 1. The Labute approximate surface area is 164 Å². The molecule has 1 amide bonds. The number of aryl methyl sites for hydroxylation is 2. The van der Waals surface area contributed by atoms with Crippen LogP contribution in [-0.4, -0.2) is 54.9 Å². The van der Waals surface area contributed by atoms with E-state index in [1.165, 1.54) is 9.87 Å². The molecule has 148 valence electrons. The third-order valence-corrected chi connectivity index (χ3v) is 7.86. The van der Waals surface area contributed by atoms with E-state index in [-0.39, 0.29) is 5.91 Å². The normalized spacial score (nSPS) is 20.4. The summed E-state index contributed by atoms with van der Waals surface area (Å²) in [6, 6.07) is 7.21. The Bertz CT molecular complexity index is 1020. The van der Waals surface area contributed by atoms with E-state index in [1.54, 1.807) is 17.0 Å². The zero-order valence-electron chi connectivity index (χ0n) is 15.6. The van der Waals surface area contributed by atoms with Gasteiger partial charge in [-0.05, 0) is 55.4 Å². The van der Waals surface area contributed by atoms with Crippen molar-refractivity contribution in [2.24, 2.45) is 0 Å². The predicted octanol–water partition coefficient (Wildman–Crippen LogP) is 2.19. The summed E-state index contributed by atoms with van der Waals surface area (Å²) >= 11 is 0. The summed E-state index contributed by atoms with van der Waals surface area (Å²) < 4.78 is 32.8. The number of nitrogens with zero attached hydrogens (tertiary/aromatic N) is 3. The van der Waals surface area contributed by atoms with Crippen molar-refractivity contribution in [3.05, 3.63) is 46.8 Å². The van der Waals surface area contributed by atoms with E-state index in [0.717, 1.165) is 43.4 Å². The van der Waals surface area contributed by atoms with Crippen LogP contribution < -0.4 is 0 Å². The average molecular weight is 401 g/mol. The van der Waals surface area contributed by atoms with Crippen LogP contribution in [0.4, 0.5) is 0 Å². The second-order valence-electron chi connectivity index (χ2n) is 7.87. The van der Waals surface area contributed by atoms with E-state index < -0.39 is 10.0 Å². The molecular weight excluding hydrogens is 378 g/mol. The van der Waals surface area contributed by atoms with Crippen molar-refractivity contribution < 1.29 is 17.7 Å². The zero-order chi connectivity index (χ0) is 19.3. The van der Waals surface area contributed by atoms with Crippen LogP contribution in [0.25, 0.3) is 0 Å². The van der Waals surface area contributed by atoms with E-state index in [9.17, 15) is 13.2 Å². The van der Waals surface area contributed by atoms with E-state index in [4.69, 9.17) is 4.52 Å². The minimum atomic E-state index is -3.54. The van der Waals surface area contributed by atoms with Gasteiger partial charge < -0.3 is 9.42 Å². The van der Waals surface area contributed by atoms with Gasteiger partial charge in [0.15, 0.2) is 5.69 Å². The van der Waals surface area contributed by atoms with Crippen molar-refractivity contribution in [1.82, 2.24) is 14.4 Å². The first kappa shape index (κ1) is 17.9. The molecule has 28 heavy (non-hydrogen) atoms. The first-order chi connectivity index (χ1) is 13.5. The van der Waals surface area contributed by atoms with Gasteiger partial charge in [-0.25, -0.2) is 8.42 Å². The highest BCUT2D eigenvalue weighted by Crippen LogP contribution is 2.40. The summed E-state index contributed by atoms with van der Waals surface area (Å²) in [5.74, 6) is 0.995. The number of hydrogen-bond donors (Lipinski definition) is 0. The summed E-state index contributed by atoms with van der Waals surface area (Å²) in [5.41, 5.74) is 2.72. The lowest BCUT2D eigenvalue weighted by Crippen LogP contribution is -2.50. The lowest BCUT2D eigenvalue weighted by atomic mass is 10.1. The molecule has 2 fully saturated rings. The number of aromatic nitrogens is 1. The largest absolute Gasteiger partial charge is 0.360 e. The van der Waals surface area contributed by atoms with Crippen LogP contribution in [0.15, 0.2) is 33.7 Å². The maximum Gasteiger partial charge on any atom is 0.276 e. The first-order valence-electron chi connectivity index (χ1n) is 9.90. The van der Waals surface area contributed by atoms with Crippen molar-refractivity contribution >= 4 is 15.9 Å². The minimum Gasteiger partial charge on any atom is -0.360 e. The monoisotopic (exact) mass is 401 g/mol. The second kappa shape index (κ2) is 6.70. The SMILES string of the molecule is O=C(c1cc(C2CC2)on1)N1CCN(S(=O)(=O)c2ccc3c(c2)CCC3)CC1. The zero-order valence-corrected chi connectivity index (χ0v) is 16.5. The van der Waals surface area contributed by atoms with Crippen LogP contribution >= 0.6 is 0 Å². The Morgan fingerprint density at radius 1 is 1.04 bits per heavy atom. The van der Waals surface area contributed by atoms with Crippen LogP contribution in [0.3, 0.4) is 0 Å². The number of carbonyl (C=O) groups is 1. The molecule has 2 aliphatic carbocycles. The number of fused-ring (bicyclic) bond motifs is 1. The number of rotatable bonds is 4. The molecule has 0 radical (unpaired) electrons. The summed E-state index contributed by atoms with van der Waals surface area (Å²) in [6.07, 6.45) is 5.23. The fourth-order valence-electron chi connectivity index (χ4n) is 4.10. The Morgan fingerprint density at radius 3 is 2.54 bits per heavy atom. The quantitative estimate of drug-likeness (QED) is 0.784. The van der Waals surface area contributed by atoms with Crippen molar-refractivity contribution in [2.45, 2.75) is 42.9 Å². The van der Waals surface area contributed by atoms with E-state index in [1.807, 2.05) is 12.1 Å². The Kier molecular flexibility index (Phi) is 4.28. The third kappa shape index (κ3) is 3.14. The molecule has 0 unspecified atom stereocenters. The summed E-state index contributed by atoms with van der Waals surface area (Å²) in [7, 11) is -3.54. The van der Waals surface area contributed by atoms with Gasteiger partial charge in [-0.1, -0.05) is 11.2 Å². The molecule has 5 rings (SSSR count). The van der Waals surface area contributed by atoms with Gasteiger partial charge in [0.1, 0.15) is 5.76 Å². The highest BCUT2D eigenvalue weighted by Gasteiger charge is 2.33. The molecule has 2 aromatic rings. The lowest BCUT2D eigenvalue weighted by molar-refractivity contribution is 0.0687. The summed E-state index contributed by atoms with van der Waals surface area (Å²) in [6.45, 7) is 1.29. The van der Waals surface area contributed by atoms with Crippen molar-refractivity contribution in [3.63, 3.8) is 0 Å². The van der Waals surface area contributed by atoms with Gasteiger partial charge in [0.25, 0.3) is 5.91 Å². The molecule has 8 heteroatoms. The molecule has 2 heterocycles. The molecular formula is C20H23N3O4S. The molecule has 7 nitrogen and oxygen atoms in total. The molecule has 1 saturated carbocycles. The molecule has 1 aromatic heterocycles. The minimum absolute atomic E-state index is 0.190. The molecule has 0 spiro atoms. The highest BCUT2D eigenvalue weighted by atomic mass is 32.2. The van der Waals surface area contributed by atoms with Gasteiger partial charge in [-0.3, -0.25) is 4.79 Å². The maximum absolute atomic E-state index is 13.0. The molecule has 1 aliphatic heterocycles. The standard InChI is InChI=1S/C20H23N3O4S/c24-20(18-13-19(27-21-18)15-4-5-15)22-8-10-23(11-9-22)28(25,26)17-7-6-14-2-1-3-16(14)12-17/h6-7,12-13,15H,1-5,8-11H2. The fraction of sp³-hybridized carbons (Fsp3) is 0.500. The summed E-state index contributed by atoms with van der Waals surface area (Å²) in [5, 5.41) is 3.90. The van der Waals surface area contributed by atoms with Crippen LogP contribution in [0.2, 0.25) is 0 Å². The maximum atomic E-state index is 13.0. The number of hydrogen-bond acceptors (Lipinski definition) is 5. The van der Waals surface area contributed by atoms with Gasteiger partial charge in [-0.2, -0.15) is 4.31 Å². The Balaban J connectivity index is 1.26. The molecule has 1 aromatic carbocycles. The van der Waals surface area contributed by atoms with Crippen molar-refractivity contribution in [3.8, 4) is 0 Å². The summed E-state index contributed by atoms with van der Waals surface area (Å²) in [4.78, 5) is 14.7. The number of amides is 1. The van der Waals surface area contributed by atoms with Crippen LogP contribution in [-0.2, 0) is 22.9 Å². The van der Waals surface area contributed by atoms with E-state index in [0.29, 0.717) is 42.7 Å². The first-order valence-corrected chi connectivity index (χ1v) is 11.3. The van der Waals surface area contributed by atoms with Gasteiger partial charge in [-0.15, -0.1) is 0 Å². The number of benzene rings is 1. The molecule has 1 saturated heterocycles. The fourth-order valence-corrected chi connectivity index (χ4v) is 5.57. The van der Waals surface area contributed by atoms with Gasteiger partial charge in [0.2, 0.25) is 10.0 Å². The highest BCUT2D eigenvalue weighted by molar-refractivity contribution is 7.89. The predicted molar refractivity (Wildman–Crippen MR) is 102 cm³/mol. The van der Waals surface area contributed by atoms with E-state index >= 15 is 0 Å². The van der Waals surface area contributed by atoms with Gasteiger partial charge >= 0.3 is 0 Å². The van der Waals surface area contributed by atoms with Crippen LogP contribution in [0.1, 0.15) is 52.6 Å². The van der Waals surface area contributed by atoms with E-state index in [2.05, 4.69) is 5.16 Å². The number of carbonyl (C=O) groups excluding carboxylic acids is 1. The molecule has 3 aliphatic rings. The average Bonchev–Trinajstić information content (AvgIpc) is 3.26. The lowest BCUT2D eigenvalue weighted by Gasteiger charge is -2.33. The Hall–Kier alpha value is -2.19. The molecule has 0 bridgehead atoms. The van der Waals surface area contributed by atoms with Crippen LogP contribution in [0.5, 0.6) is 0 Å². The smallest absolute Gasteiger partial charge is 0.276 e. The molecule has 0 N–H and O–H groups in total. The van der Waals surface area contributed by atoms with Crippen LogP contribution in [0, 0.1) is 0 Å². The third-order valence-electron chi connectivity index (χ3n) is 5.96. The Morgan fingerprint density at radius 2 is 1.79 bits per heavy atom. The number of piperazine rings is 1. The topological polar surface area (TPSA) is 83.7 Å². The van der Waals surface area contributed by atoms with Gasteiger partial charge in [0, 0.05) is 38.2 Å². The van der Waals surface area contributed by atoms with Gasteiger partial charge in [0.05, 0.1) is 4.90 Å². The molecule has 0 atom stereocenters. The van der Waals surface area contributed by atoms with Crippen molar-refractivity contribution in [2.75, 3.05) is 26.2 Å². The second-order valence-corrected chi connectivity index (χ2v) is 9.81. The van der Waals surface area contributed by atoms with Crippen molar-refractivity contribution in [1.29, 1.82) is 0 Å².